The van der Waals surface area contributed by atoms with Gasteiger partial charge in [-0.3, -0.25) is 9.69 Å². The van der Waals surface area contributed by atoms with Gasteiger partial charge in [-0.1, -0.05) is 66.7 Å². The summed E-state index contributed by atoms with van der Waals surface area (Å²) in [5.74, 6) is 0.202. The lowest BCUT2D eigenvalue weighted by Crippen LogP contribution is -2.33. The molecule has 0 aliphatic rings. The number of hydrogen-bond acceptors (Lipinski definition) is 2. The summed E-state index contributed by atoms with van der Waals surface area (Å²) in [5, 5.41) is 0. The van der Waals surface area contributed by atoms with Crippen molar-refractivity contribution in [2.24, 2.45) is 0 Å². The van der Waals surface area contributed by atoms with Crippen LogP contribution in [0.25, 0.3) is 0 Å². The standard InChI is InChI=1S/C21H25NO/c1-4-15-22(18(3)19-11-7-5-8-12-19)21(16-17(2)23)20-13-9-6-10-14-20/h4-14,18,21H,1,15-16H2,2-3H3/t18-,21?/m1/s1. The van der Waals surface area contributed by atoms with Crippen molar-refractivity contribution in [3.63, 3.8) is 0 Å². The highest BCUT2D eigenvalue weighted by molar-refractivity contribution is 5.76. The maximum atomic E-state index is 11.8. The Bertz CT molecular complexity index is 621. The van der Waals surface area contributed by atoms with Crippen molar-refractivity contribution in [1.29, 1.82) is 0 Å². The molecule has 2 nitrogen and oxygen atoms in total. The molecule has 2 heteroatoms. The quantitative estimate of drug-likeness (QED) is 0.643. The van der Waals surface area contributed by atoms with Gasteiger partial charge < -0.3 is 0 Å². The van der Waals surface area contributed by atoms with Crippen LogP contribution in [0.3, 0.4) is 0 Å². The molecule has 0 bridgehead atoms. The number of carbonyl (C=O) groups excluding carboxylic acids is 1. The average molecular weight is 307 g/mol. The number of Topliss-reactive ketones (excluding diaryl/α,β-unsaturated/α-hetero) is 1. The van der Waals surface area contributed by atoms with E-state index in [9.17, 15) is 4.79 Å². The van der Waals surface area contributed by atoms with E-state index in [4.69, 9.17) is 0 Å². The van der Waals surface area contributed by atoms with Gasteiger partial charge in [-0.15, -0.1) is 6.58 Å². The smallest absolute Gasteiger partial charge is 0.131 e. The third-order valence-corrected chi connectivity index (χ3v) is 4.18. The predicted octanol–water partition coefficient (Wildman–Crippen LogP) is 4.96. The summed E-state index contributed by atoms with van der Waals surface area (Å²) in [5.41, 5.74) is 2.42. The molecule has 2 atom stereocenters. The summed E-state index contributed by atoms with van der Waals surface area (Å²) < 4.78 is 0. The van der Waals surface area contributed by atoms with Crippen LogP contribution in [0.5, 0.6) is 0 Å². The number of nitrogens with zero attached hydrogens (tertiary/aromatic N) is 1. The highest BCUT2D eigenvalue weighted by atomic mass is 16.1. The van der Waals surface area contributed by atoms with E-state index in [1.807, 2.05) is 30.3 Å². The average Bonchev–Trinajstić information content (AvgIpc) is 2.59. The Kier molecular flexibility index (Phi) is 6.30. The second-order valence-corrected chi connectivity index (χ2v) is 5.90. The summed E-state index contributed by atoms with van der Waals surface area (Å²) in [6, 6.07) is 20.9. The number of rotatable bonds is 8. The lowest BCUT2D eigenvalue weighted by atomic mass is 9.96. The number of hydrogen-bond donors (Lipinski definition) is 0. The topological polar surface area (TPSA) is 20.3 Å². The van der Waals surface area contributed by atoms with E-state index in [2.05, 4.69) is 54.8 Å². The first-order valence-electron chi connectivity index (χ1n) is 8.09. The van der Waals surface area contributed by atoms with Gasteiger partial charge in [0.2, 0.25) is 0 Å². The fourth-order valence-corrected chi connectivity index (χ4v) is 3.00. The Morgan fingerprint density at radius 1 is 1.04 bits per heavy atom. The molecule has 0 aromatic heterocycles. The molecule has 0 amide bonds. The molecule has 0 radical (unpaired) electrons. The van der Waals surface area contributed by atoms with E-state index < -0.39 is 0 Å². The van der Waals surface area contributed by atoms with Crippen LogP contribution >= 0.6 is 0 Å². The highest BCUT2D eigenvalue weighted by Crippen LogP contribution is 2.32. The van der Waals surface area contributed by atoms with E-state index in [1.165, 1.54) is 11.1 Å². The minimum Gasteiger partial charge on any atom is -0.300 e. The molecule has 0 spiro atoms. The molecule has 2 rings (SSSR count). The number of benzene rings is 2. The lowest BCUT2D eigenvalue weighted by molar-refractivity contribution is -0.118. The molecule has 2 aromatic rings. The van der Waals surface area contributed by atoms with E-state index in [0.717, 1.165) is 6.54 Å². The van der Waals surface area contributed by atoms with E-state index >= 15 is 0 Å². The van der Waals surface area contributed by atoms with Crippen LogP contribution < -0.4 is 0 Å². The van der Waals surface area contributed by atoms with Crippen molar-refractivity contribution < 1.29 is 4.79 Å². The largest absolute Gasteiger partial charge is 0.300 e. The Hall–Kier alpha value is -2.19. The zero-order valence-corrected chi connectivity index (χ0v) is 14.0. The molecule has 1 unspecified atom stereocenters. The SMILES string of the molecule is C=CCN(C(CC(C)=O)c1ccccc1)[C@H](C)c1ccccc1. The molecule has 23 heavy (non-hydrogen) atoms. The van der Waals surface area contributed by atoms with Gasteiger partial charge >= 0.3 is 0 Å². The molecule has 0 aliphatic heterocycles. The third-order valence-electron chi connectivity index (χ3n) is 4.18. The van der Waals surface area contributed by atoms with Crippen molar-refractivity contribution in [2.45, 2.75) is 32.4 Å². The zero-order valence-electron chi connectivity index (χ0n) is 14.0. The maximum Gasteiger partial charge on any atom is 0.131 e. The molecule has 0 aliphatic carbocycles. The van der Waals surface area contributed by atoms with Gasteiger partial charge in [-0.2, -0.15) is 0 Å². The van der Waals surface area contributed by atoms with Crippen LogP contribution in [0, 0.1) is 0 Å². The van der Waals surface area contributed by atoms with Crippen molar-refractivity contribution in [2.75, 3.05) is 6.54 Å². The molecule has 0 saturated carbocycles. The summed E-state index contributed by atoms with van der Waals surface area (Å²) in [4.78, 5) is 14.2. The van der Waals surface area contributed by atoms with Crippen LogP contribution in [-0.2, 0) is 4.79 Å². The van der Waals surface area contributed by atoms with Crippen LogP contribution in [-0.4, -0.2) is 17.2 Å². The van der Waals surface area contributed by atoms with Crippen LogP contribution in [0.1, 0.15) is 43.5 Å². The van der Waals surface area contributed by atoms with Crippen LogP contribution in [0.4, 0.5) is 0 Å². The monoisotopic (exact) mass is 307 g/mol. The van der Waals surface area contributed by atoms with Crippen molar-refractivity contribution >= 4 is 5.78 Å². The molecule has 0 fully saturated rings. The second-order valence-electron chi connectivity index (χ2n) is 5.90. The molecule has 0 saturated heterocycles. The Morgan fingerprint density at radius 3 is 2.04 bits per heavy atom. The molecular weight excluding hydrogens is 282 g/mol. The first-order valence-corrected chi connectivity index (χ1v) is 8.09. The van der Waals surface area contributed by atoms with Crippen molar-refractivity contribution in [3.8, 4) is 0 Å². The molecule has 0 heterocycles. The minimum atomic E-state index is 0.0573. The Balaban J connectivity index is 2.37. The molecule has 120 valence electrons. The van der Waals surface area contributed by atoms with E-state index in [1.54, 1.807) is 6.92 Å². The predicted molar refractivity (Wildman–Crippen MR) is 96.2 cm³/mol. The lowest BCUT2D eigenvalue weighted by Gasteiger charge is -2.36. The number of carbonyl (C=O) groups is 1. The second kappa shape index (κ2) is 8.44. The highest BCUT2D eigenvalue weighted by Gasteiger charge is 2.26. The first kappa shape index (κ1) is 17.2. The zero-order chi connectivity index (χ0) is 16.7. The van der Waals surface area contributed by atoms with Gasteiger partial charge in [0.15, 0.2) is 0 Å². The van der Waals surface area contributed by atoms with Gasteiger partial charge in [0.1, 0.15) is 5.78 Å². The van der Waals surface area contributed by atoms with Crippen LogP contribution in [0.15, 0.2) is 73.3 Å². The summed E-state index contributed by atoms with van der Waals surface area (Å²) in [6.45, 7) is 8.50. The molecule has 0 N–H and O–H groups in total. The first-order chi connectivity index (χ1) is 11.1. The Labute approximate surface area is 139 Å². The van der Waals surface area contributed by atoms with Crippen molar-refractivity contribution in [1.82, 2.24) is 4.90 Å². The fourth-order valence-electron chi connectivity index (χ4n) is 3.00. The minimum absolute atomic E-state index is 0.0573. The van der Waals surface area contributed by atoms with Gasteiger partial charge in [-0.25, -0.2) is 0 Å². The van der Waals surface area contributed by atoms with Crippen molar-refractivity contribution in [3.05, 3.63) is 84.4 Å². The Morgan fingerprint density at radius 2 is 1.57 bits per heavy atom. The van der Waals surface area contributed by atoms with Gasteiger partial charge in [0, 0.05) is 25.0 Å². The van der Waals surface area contributed by atoms with Crippen LogP contribution in [0.2, 0.25) is 0 Å². The normalized spacial score (nSPS) is 13.5. The van der Waals surface area contributed by atoms with E-state index in [0.29, 0.717) is 6.42 Å². The summed E-state index contributed by atoms with van der Waals surface area (Å²) >= 11 is 0. The summed E-state index contributed by atoms with van der Waals surface area (Å²) in [7, 11) is 0. The third kappa shape index (κ3) is 4.64. The maximum absolute atomic E-state index is 11.8. The van der Waals surface area contributed by atoms with Gasteiger partial charge in [0.25, 0.3) is 0 Å². The van der Waals surface area contributed by atoms with E-state index in [-0.39, 0.29) is 17.9 Å². The van der Waals surface area contributed by atoms with Gasteiger partial charge in [0.05, 0.1) is 0 Å². The molecular formula is C21H25NO. The number of ketones is 1. The fraction of sp³-hybridized carbons (Fsp3) is 0.286. The summed E-state index contributed by atoms with van der Waals surface area (Å²) in [6.07, 6.45) is 2.42. The molecule has 2 aromatic carbocycles. The van der Waals surface area contributed by atoms with Gasteiger partial charge in [-0.05, 0) is 25.0 Å².